The molecule has 0 aliphatic carbocycles. The van der Waals surface area contributed by atoms with Crippen LogP contribution in [0.2, 0.25) is 0 Å². The molecular weight excluding hydrogens is 645 g/mol. The lowest BCUT2D eigenvalue weighted by Gasteiger charge is -2.19. The third-order valence-corrected chi connectivity index (χ3v) is 9.53. The van der Waals surface area contributed by atoms with E-state index in [4.69, 9.17) is 0 Å². The molecule has 2 amide bonds. The molecule has 0 spiro atoms. The molecule has 0 saturated heterocycles. The maximum Gasteiger partial charge on any atom is 0.268 e. The van der Waals surface area contributed by atoms with Crippen LogP contribution in [0.25, 0.3) is 60.9 Å². The summed E-state index contributed by atoms with van der Waals surface area (Å²) in [6, 6.07) is 42.5. The van der Waals surface area contributed by atoms with Gasteiger partial charge in [-0.25, -0.2) is 4.90 Å². The Bertz CT molecular complexity index is 2760. The number of amides is 2. The van der Waals surface area contributed by atoms with Crippen LogP contribution in [-0.4, -0.2) is 26.3 Å². The lowest BCUT2D eigenvalue weighted by Crippen LogP contribution is -2.30. The molecule has 0 radical (unpaired) electrons. The standard InChI is InChI=1S/C44H24N6O2/c45-21-27-17-32(25-47-23-27)30-13-15-35-36-16-14-31(33-18-28(22-46)24-48-26-33)20-41(36)49(40(35)19-30)39-12-6-10-37-42(39)44(52)50(43(37)51)38-11-5-4-9-34(38)29-7-2-1-3-8-29/h1-20,23-26H. The highest BCUT2D eigenvalue weighted by molar-refractivity contribution is 6.36. The van der Waals surface area contributed by atoms with Crippen molar-refractivity contribution in [3.63, 3.8) is 0 Å². The Balaban J connectivity index is 1.30. The number of benzene rings is 5. The van der Waals surface area contributed by atoms with Gasteiger partial charge in [-0.3, -0.25) is 19.6 Å². The van der Waals surface area contributed by atoms with Crippen LogP contribution in [0.15, 0.2) is 146 Å². The van der Waals surface area contributed by atoms with Gasteiger partial charge in [0.2, 0.25) is 0 Å². The molecule has 3 aromatic heterocycles. The number of aromatic nitrogens is 3. The minimum Gasteiger partial charge on any atom is -0.308 e. The van der Waals surface area contributed by atoms with E-state index in [0.29, 0.717) is 33.6 Å². The van der Waals surface area contributed by atoms with Gasteiger partial charge in [-0.1, -0.05) is 78.9 Å². The molecule has 0 N–H and O–H groups in total. The van der Waals surface area contributed by atoms with Gasteiger partial charge in [0.15, 0.2) is 0 Å². The Labute approximate surface area is 297 Å². The summed E-state index contributed by atoms with van der Waals surface area (Å²) in [5, 5.41) is 21.0. The topological polar surface area (TPSA) is 116 Å². The van der Waals surface area contributed by atoms with Gasteiger partial charge < -0.3 is 4.57 Å². The molecule has 0 bridgehead atoms. The number of anilines is 1. The predicted molar refractivity (Wildman–Crippen MR) is 200 cm³/mol. The number of fused-ring (bicyclic) bond motifs is 4. The highest BCUT2D eigenvalue weighted by atomic mass is 16.2. The van der Waals surface area contributed by atoms with Gasteiger partial charge in [0.05, 0.1) is 44.7 Å². The first kappa shape index (κ1) is 30.4. The quantitative estimate of drug-likeness (QED) is 0.169. The van der Waals surface area contributed by atoms with E-state index < -0.39 is 11.8 Å². The first-order chi connectivity index (χ1) is 25.5. The second-order valence-corrected chi connectivity index (χ2v) is 12.5. The zero-order valence-corrected chi connectivity index (χ0v) is 27.4. The van der Waals surface area contributed by atoms with Crippen molar-refractivity contribution in [1.29, 1.82) is 10.5 Å². The number of nitriles is 2. The molecule has 9 rings (SSSR count). The fourth-order valence-corrected chi connectivity index (χ4v) is 7.16. The lowest BCUT2D eigenvalue weighted by atomic mass is 10.0. The zero-order chi connectivity index (χ0) is 35.3. The smallest absolute Gasteiger partial charge is 0.268 e. The van der Waals surface area contributed by atoms with E-state index in [9.17, 15) is 20.1 Å². The first-order valence-electron chi connectivity index (χ1n) is 16.5. The Morgan fingerprint density at radius 1 is 0.481 bits per heavy atom. The van der Waals surface area contributed by atoms with Crippen molar-refractivity contribution in [2.24, 2.45) is 0 Å². The number of carbonyl (C=O) groups excluding carboxylic acids is 2. The second-order valence-electron chi connectivity index (χ2n) is 12.5. The molecule has 8 heteroatoms. The van der Waals surface area contributed by atoms with Crippen LogP contribution in [0, 0.1) is 22.7 Å². The Morgan fingerprint density at radius 2 is 1.04 bits per heavy atom. The summed E-state index contributed by atoms with van der Waals surface area (Å²) in [6.07, 6.45) is 6.47. The molecule has 0 unspecified atom stereocenters. The predicted octanol–water partition coefficient (Wildman–Crippen LogP) is 9.12. The average molecular weight is 669 g/mol. The van der Waals surface area contributed by atoms with Crippen molar-refractivity contribution < 1.29 is 9.59 Å². The molecule has 8 nitrogen and oxygen atoms in total. The third-order valence-electron chi connectivity index (χ3n) is 9.53. The number of para-hydroxylation sites is 1. The summed E-state index contributed by atoms with van der Waals surface area (Å²) in [6.45, 7) is 0. The second kappa shape index (κ2) is 12.0. The van der Waals surface area contributed by atoms with Crippen molar-refractivity contribution >= 4 is 39.3 Å². The maximum absolute atomic E-state index is 14.7. The summed E-state index contributed by atoms with van der Waals surface area (Å²) in [7, 11) is 0. The minimum atomic E-state index is -0.418. The maximum atomic E-state index is 14.7. The van der Waals surface area contributed by atoms with Gasteiger partial charge in [-0.15, -0.1) is 0 Å². The summed E-state index contributed by atoms with van der Waals surface area (Å²) < 4.78 is 2.03. The van der Waals surface area contributed by atoms with Gasteiger partial charge in [-0.05, 0) is 59.2 Å². The van der Waals surface area contributed by atoms with Crippen molar-refractivity contribution in [2.75, 3.05) is 4.90 Å². The van der Waals surface area contributed by atoms with Gasteiger partial charge in [0, 0.05) is 52.3 Å². The van der Waals surface area contributed by atoms with E-state index in [0.717, 1.165) is 55.2 Å². The SMILES string of the molecule is N#Cc1cncc(-c2ccc3c4ccc(-c5cncc(C#N)c5)cc4n(-c4cccc5c4C(=O)N(c4ccccc4-c4ccccc4)C5=O)c3c2)c1. The summed E-state index contributed by atoms with van der Waals surface area (Å²) in [5.41, 5.74) is 9.02. The Hall–Kier alpha value is -7.68. The third kappa shape index (κ3) is 4.75. The molecule has 4 heterocycles. The molecule has 0 atom stereocenters. The molecule has 0 saturated carbocycles. The van der Waals surface area contributed by atoms with Crippen molar-refractivity contribution in [3.8, 4) is 51.2 Å². The number of nitrogens with zero attached hydrogens (tertiary/aromatic N) is 6. The number of hydrogen-bond donors (Lipinski definition) is 0. The van der Waals surface area contributed by atoms with Crippen LogP contribution in [0.1, 0.15) is 31.8 Å². The van der Waals surface area contributed by atoms with Crippen molar-refractivity contribution in [2.45, 2.75) is 0 Å². The van der Waals surface area contributed by atoms with Crippen LogP contribution < -0.4 is 4.90 Å². The van der Waals surface area contributed by atoms with E-state index >= 15 is 0 Å². The Kier molecular flexibility index (Phi) is 7.03. The van der Waals surface area contributed by atoms with Crippen molar-refractivity contribution in [3.05, 3.63) is 168 Å². The van der Waals surface area contributed by atoms with Crippen LogP contribution in [0.4, 0.5) is 5.69 Å². The van der Waals surface area contributed by atoms with E-state index in [2.05, 4.69) is 22.1 Å². The van der Waals surface area contributed by atoms with Crippen LogP contribution >= 0.6 is 0 Å². The van der Waals surface area contributed by atoms with E-state index in [1.807, 2.05) is 95.6 Å². The monoisotopic (exact) mass is 668 g/mol. The van der Waals surface area contributed by atoms with Gasteiger partial charge in [0.25, 0.3) is 11.8 Å². The fraction of sp³-hybridized carbons (Fsp3) is 0. The van der Waals surface area contributed by atoms with Crippen molar-refractivity contribution in [1.82, 2.24) is 14.5 Å². The molecule has 1 aliphatic rings. The first-order valence-corrected chi connectivity index (χ1v) is 16.5. The Morgan fingerprint density at radius 3 is 1.65 bits per heavy atom. The number of imide groups is 1. The molecule has 1 aliphatic heterocycles. The number of carbonyl (C=O) groups is 2. The normalized spacial score (nSPS) is 12.2. The summed E-state index contributed by atoms with van der Waals surface area (Å²) >= 11 is 0. The summed E-state index contributed by atoms with van der Waals surface area (Å²) in [4.78, 5) is 38.8. The largest absolute Gasteiger partial charge is 0.308 e. The van der Waals surface area contributed by atoms with Gasteiger partial charge in [-0.2, -0.15) is 10.5 Å². The molecule has 0 fully saturated rings. The molecule has 8 aromatic rings. The molecule has 5 aromatic carbocycles. The van der Waals surface area contributed by atoms with E-state index in [1.165, 1.54) is 17.3 Å². The minimum absolute atomic E-state index is 0.297. The zero-order valence-electron chi connectivity index (χ0n) is 27.4. The molecule has 242 valence electrons. The summed E-state index contributed by atoms with van der Waals surface area (Å²) in [5.74, 6) is -0.815. The van der Waals surface area contributed by atoms with Crippen LogP contribution in [0.5, 0.6) is 0 Å². The number of hydrogen-bond acceptors (Lipinski definition) is 6. The van der Waals surface area contributed by atoms with E-state index in [1.54, 1.807) is 42.7 Å². The van der Waals surface area contributed by atoms with E-state index in [-0.39, 0.29) is 0 Å². The number of rotatable bonds is 5. The highest BCUT2D eigenvalue weighted by Crippen LogP contribution is 2.42. The van der Waals surface area contributed by atoms with Gasteiger partial charge in [0.1, 0.15) is 12.1 Å². The fourth-order valence-electron chi connectivity index (χ4n) is 7.16. The molecule has 52 heavy (non-hydrogen) atoms. The lowest BCUT2D eigenvalue weighted by molar-refractivity contribution is 0.0926. The van der Waals surface area contributed by atoms with Crippen LogP contribution in [-0.2, 0) is 0 Å². The highest BCUT2D eigenvalue weighted by Gasteiger charge is 2.40. The molecular formula is C44H24N6O2. The van der Waals surface area contributed by atoms with Crippen LogP contribution in [0.3, 0.4) is 0 Å². The van der Waals surface area contributed by atoms with Gasteiger partial charge >= 0.3 is 0 Å². The average Bonchev–Trinajstić information content (AvgIpc) is 3.67. The number of pyridine rings is 2.